The van der Waals surface area contributed by atoms with Crippen LogP contribution >= 0.6 is 11.6 Å². The predicted molar refractivity (Wildman–Crippen MR) is 66.8 cm³/mol. The summed E-state index contributed by atoms with van der Waals surface area (Å²) in [5, 5.41) is 9.01. The molecule has 3 nitrogen and oxygen atoms in total. The van der Waals surface area contributed by atoms with Gasteiger partial charge in [0.05, 0.1) is 5.69 Å². The third kappa shape index (κ3) is 2.31. The molecule has 0 N–H and O–H groups in total. The van der Waals surface area contributed by atoms with Crippen molar-refractivity contribution in [2.75, 3.05) is 19.0 Å². The second kappa shape index (κ2) is 4.49. The van der Waals surface area contributed by atoms with E-state index < -0.39 is 0 Å². The van der Waals surface area contributed by atoms with E-state index in [0.29, 0.717) is 0 Å². The average molecular weight is 234 g/mol. The number of halogens is 1. The topological polar surface area (TPSA) is 29.0 Å². The number of rotatable bonds is 2. The van der Waals surface area contributed by atoms with E-state index in [1.165, 1.54) is 0 Å². The number of anilines is 1. The van der Waals surface area contributed by atoms with Gasteiger partial charge >= 0.3 is 0 Å². The average Bonchev–Trinajstić information content (AvgIpc) is 2.30. The molecule has 82 valence electrons. The zero-order chi connectivity index (χ0) is 11.5. The summed E-state index contributed by atoms with van der Waals surface area (Å²) in [4.78, 5) is 1.92. The Kier molecular flexibility index (Phi) is 3.06. The SMILES string of the molecule is CN(C)c1ccc(-c2ccc(Cl)cc2)nn1. The van der Waals surface area contributed by atoms with Gasteiger partial charge in [-0.15, -0.1) is 10.2 Å². The molecule has 0 unspecified atom stereocenters. The van der Waals surface area contributed by atoms with E-state index in [4.69, 9.17) is 11.6 Å². The van der Waals surface area contributed by atoms with E-state index in [1.807, 2.05) is 55.4 Å². The largest absolute Gasteiger partial charge is 0.361 e. The third-order valence-corrected chi connectivity index (χ3v) is 2.50. The molecular formula is C12H12ClN3. The van der Waals surface area contributed by atoms with E-state index >= 15 is 0 Å². The molecule has 2 aromatic rings. The molecule has 4 heteroatoms. The molecule has 1 aromatic carbocycles. The Morgan fingerprint density at radius 2 is 1.62 bits per heavy atom. The van der Waals surface area contributed by atoms with E-state index in [9.17, 15) is 0 Å². The van der Waals surface area contributed by atoms with Crippen molar-refractivity contribution >= 4 is 17.4 Å². The van der Waals surface area contributed by atoms with Gasteiger partial charge in [0, 0.05) is 24.7 Å². The van der Waals surface area contributed by atoms with Gasteiger partial charge in [-0.05, 0) is 24.3 Å². The van der Waals surface area contributed by atoms with Gasteiger partial charge in [-0.25, -0.2) is 0 Å². The first kappa shape index (κ1) is 10.9. The zero-order valence-electron chi connectivity index (χ0n) is 9.18. The van der Waals surface area contributed by atoms with Crippen LogP contribution in [0.2, 0.25) is 5.02 Å². The van der Waals surface area contributed by atoms with Gasteiger partial charge in [0.2, 0.25) is 0 Å². The summed E-state index contributed by atoms with van der Waals surface area (Å²) in [5.74, 6) is 0.845. The molecule has 0 fully saturated rings. The maximum Gasteiger partial charge on any atom is 0.150 e. The Bertz CT molecular complexity index is 463. The molecule has 0 aliphatic heterocycles. The lowest BCUT2D eigenvalue weighted by Crippen LogP contribution is -2.11. The highest BCUT2D eigenvalue weighted by atomic mass is 35.5. The van der Waals surface area contributed by atoms with Crippen molar-refractivity contribution in [2.24, 2.45) is 0 Å². The van der Waals surface area contributed by atoms with Crippen molar-refractivity contribution in [2.45, 2.75) is 0 Å². The molecule has 2 rings (SSSR count). The number of nitrogens with zero attached hydrogens (tertiary/aromatic N) is 3. The van der Waals surface area contributed by atoms with Gasteiger partial charge < -0.3 is 4.90 Å². The molecule has 0 aliphatic rings. The summed E-state index contributed by atoms with van der Waals surface area (Å²) < 4.78 is 0. The van der Waals surface area contributed by atoms with Crippen LogP contribution in [0.25, 0.3) is 11.3 Å². The lowest BCUT2D eigenvalue weighted by molar-refractivity contribution is 0.969. The van der Waals surface area contributed by atoms with Crippen LogP contribution in [0.1, 0.15) is 0 Å². The Morgan fingerprint density at radius 3 is 2.12 bits per heavy atom. The molecule has 0 aliphatic carbocycles. The van der Waals surface area contributed by atoms with Crippen LogP contribution in [0.3, 0.4) is 0 Å². The molecule has 1 heterocycles. The molecule has 1 aromatic heterocycles. The second-order valence-electron chi connectivity index (χ2n) is 3.68. The minimum Gasteiger partial charge on any atom is -0.361 e. The lowest BCUT2D eigenvalue weighted by Gasteiger charge is -2.10. The molecule has 0 saturated carbocycles. The molecule has 0 spiro atoms. The Morgan fingerprint density at radius 1 is 0.938 bits per heavy atom. The first-order valence-electron chi connectivity index (χ1n) is 4.94. The van der Waals surface area contributed by atoms with E-state index in [-0.39, 0.29) is 0 Å². The monoisotopic (exact) mass is 233 g/mol. The van der Waals surface area contributed by atoms with Crippen molar-refractivity contribution in [3.8, 4) is 11.3 Å². The standard InChI is InChI=1S/C12H12ClN3/c1-16(2)12-8-7-11(14-15-12)9-3-5-10(13)6-4-9/h3-8H,1-2H3. The second-order valence-corrected chi connectivity index (χ2v) is 4.11. The summed E-state index contributed by atoms with van der Waals surface area (Å²) in [6, 6.07) is 11.4. The van der Waals surface area contributed by atoms with Crippen molar-refractivity contribution in [1.82, 2.24) is 10.2 Å². The zero-order valence-corrected chi connectivity index (χ0v) is 9.94. The van der Waals surface area contributed by atoms with Gasteiger partial charge in [0.25, 0.3) is 0 Å². The summed E-state index contributed by atoms with van der Waals surface area (Å²) >= 11 is 5.82. The van der Waals surface area contributed by atoms with Crippen molar-refractivity contribution in [3.63, 3.8) is 0 Å². The van der Waals surface area contributed by atoms with Gasteiger partial charge in [-0.2, -0.15) is 0 Å². The summed E-state index contributed by atoms with van der Waals surface area (Å²) in [6.45, 7) is 0. The maximum absolute atomic E-state index is 5.82. The van der Waals surface area contributed by atoms with Crippen molar-refractivity contribution in [3.05, 3.63) is 41.4 Å². The molecule has 0 atom stereocenters. The van der Waals surface area contributed by atoms with Crippen LogP contribution in [0.4, 0.5) is 5.82 Å². The highest BCUT2D eigenvalue weighted by Crippen LogP contribution is 2.19. The Hall–Kier alpha value is -1.61. The Balaban J connectivity index is 2.31. The van der Waals surface area contributed by atoms with Gasteiger partial charge in [0.1, 0.15) is 0 Å². The van der Waals surface area contributed by atoms with Gasteiger partial charge in [0.15, 0.2) is 5.82 Å². The number of hydrogen-bond acceptors (Lipinski definition) is 3. The van der Waals surface area contributed by atoms with Crippen molar-refractivity contribution in [1.29, 1.82) is 0 Å². The first-order valence-corrected chi connectivity index (χ1v) is 5.31. The quantitative estimate of drug-likeness (QED) is 0.799. The number of hydrogen-bond donors (Lipinski definition) is 0. The molecule has 0 radical (unpaired) electrons. The molecule has 0 saturated heterocycles. The minimum atomic E-state index is 0.724. The number of aromatic nitrogens is 2. The smallest absolute Gasteiger partial charge is 0.150 e. The predicted octanol–water partition coefficient (Wildman–Crippen LogP) is 2.86. The fourth-order valence-corrected chi connectivity index (χ4v) is 1.46. The molecule has 0 amide bonds. The maximum atomic E-state index is 5.82. The number of benzene rings is 1. The highest BCUT2D eigenvalue weighted by molar-refractivity contribution is 6.30. The van der Waals surface area contributed by atoms with Crippen LogP contribution < -0.4 is 4.90 Å². The van der Waals surface area contributed by atoms with Gasteiger partial charge in [-0.1, -0.05) is 23.7 Å². The highest BCUT2D eigenvalue weighted by Gasteiger charge is 2.01. The summed E-state index contributed by atoms with van der Waals surface area (Å²) in [7, 11) is 3.87. The molecule has 0 bridgehead atoms. The van der Waals surface area contributed by atoms with Crippen LogP contribution in [0.15, 0.2) is 36.4 Å². The fourth-order valence-electron chi connectivity index (χ4n) is 1.34. The fraction of sp³-hybridized carbons (Fsp3) is 0.167. The summed E-state index contributed by atoms with van der Waals surface area (Å²) in [6.07, 6.45) is 0. The van der Waals surface area contributed by atoms with Crippen LogP contribution in [-0.2, 0) is 0 Å². The molecule has 16 heavy (non-hydrogen) atoms. The Labute approximate surface area is 99.7 Å². The van der Waals surface area contributed by atoms with Gasteiger partial charge in [-0.3, -0.25) is 0 Å². The lowest BCUT2D eigenvalue weighted by atomic mass is 10.1. The normalized spacial score (nSPS) is 10.2. The van der Waals surface area contributed by atoms with E-state index in [0.717, 1.165) is 22.1 Å². The van der Waals surface area contributed by atoms with Crippen molar-refractivity contribution < 1.29 is 0 Å². The van der Waals surface area contributed by atoms with E-state index in [2.05, 4.69) is 10.2 Å². The third-order valence-electron chi connectivity index (χ3n) is 2.25. The minimum absolute atomic E-state index is 0.724. The first-order chi connectivity index (χ1) is 7.66. The van der Waals surface area contributed by atoms with Crippen LogP contribution in [-0.4, -0.2) is 24.3 Å². The van der Waals surface area contributed by atoms with Crippen LogP contribution in [0, 0.1) is 0 Å². The summed E-state index contributed by atoms with van der Waals surface area (Å²) in [5.41, 5.74) is 1.87. The van der Waals surface area contributed by atoms with E-state index in [1.54, 1.807) is 0 Å². The van der Waals surface area contributed by atoms with Crippen LogP contribution in [0.5, 0.6) is 0 Å². The molecular weight excluding hydrogens is 222 g/mol.